The molecular weight excluding hydrogens is 1170 g/mol. The zero-order valence-corrected chi connectivity index (χ0v) is 51.8. The van der Waals surface area contributed by atoms with Crippen LogP contribution >= 0.6 is 0 Å². The number of hydrogen-bond donors (Lipinski definition) is 6. The summed E-state index contributed by atoms with van der Waals surface area (Å²) < 4.78 is 17.2. The molecule has 0 aliphatic carbocycles. The van der Waals surface area contributed by atoms with Gasteiger partial charge in [-0.25, -0.2) is 15.0 Å². The lowest BCUT2D eigenvalue weighted by molar-refractivity contribution is 0.414. The molecule has 0 aliphatic rings. The van der Waals surface area contributed by atoms with E-state index in [4.69, 9.17) is 58.8 Å². The number of nitrogens with zero attached hydrogens (tertiary/aromatic N) is 15. The molecule has 0 atom stereocenters. The van der Waals surface area contributed by atoms with Crippen LogP contribution in [-0.4, -0.2) is 87.7 Å². The van der Waals surface area contributed by atoms with Crippen LogP contribution in [0.3, 0.4) is 0 Å². The minimum Gasteiger partial charge on any atom is -0.497 e. The van der Waals surface area contributed by atoms with E-state index in [1.165, 1.54) is 0 Å². The Morgan fingerprint density at radius 2 is 0.538 bits per heavy atom. The number of rotatable bonds is 18. The van der Waals surface area contributed by atoms with Gasteiger partial charge in [0.25, 0.3) is 0 Å². The van der Waals surface area contributed by atoms with E-state index in [9.17, 15) is 0 Å². The Morgan fingerprint density at radius 3 is 0.871 bits per heavy atom. The first-order valence-corrected chi connectivity index (χ1v) is 29.9. The fraction of sp³-hybridized carbons (Fsp3) is 0.143. The Morgan fingerprint density at radius 1 is 0.280 bits per heavy atom. The second-order valence-corrected chi connectivity index (χ2v) is 21.2. The Bertz CT molecular complexity index is 4550. The third-order valence-corrected chi connectivity index (χ3v) is 15.1. The summed E-state index contributed by atoms with van der Waals surface area (Å²) >= 11 is 0. The van der Waals surface area contributed by atoms with Crippen molar-refractivity contribution in [3.63, 3.8) is 0 Å². The predicted molar refractivity (Wildman–Crippen MR) is 364 cm³/mol. The average molecular weight is 1240 g/mol. The summed E-state index contributed by atoms with van der Waals surface area (Å²) in [6, 6.07) is 67.0. The van der Waals surface area contributed by atoms with Crippen LogP contribution in [0.5, 0.6) is 11.5 Å². The standard InChI is InChI=1S/C26H23N7.C23H25N7O2.C21H21N7/c27-25-29-21(30-26(28)32-25)16-17-33-23(19-12-6-2-7-13-19)22(18-10-4-1-5-11-18)31-24(33)20-14-8-3-9-15-20;1-14-26-20(15-4-8-17(31-2)9-5-15)21(16-6-10-18(32-3)11-7-16)30(14)13-12-19-27-22(24)29-23(25)28-19;1-14-24-18(15-8-4-2-5-9-15)19(16-10-6-3-7-11-16)28(14)13-12-17-25-20(22)27-21(23)26-17/h1-15H,16-17H2,(H4,27,28,29,30,32);4-11H,12-13H2,1-3H3,(H4,24,25,27,28,29);2-11H,12-13H2,1H3,(H4,22,23,25,26,27). The summed E-state index contributed by atoms with van der Waals surface area (Å²) in [6.45, 7) is 5.83. The largest absolute Gasteiger partial charge is 0.497 e. The highest BCUT2D eigenvalue weighted by molar-refractivity contribution is 5.83. The van der Waals surface area contributed by atoms with Gasteiger partial charge in [-0.2, -0.15) is 44.9 Å². The van der Waals surface area contributed by atoms with Crippen molar-refractivity contribution < 1.29 is 9.47 Å². The summed E-state index contributed by atoms with van der Waals surface area (Å²) in [5, 5.41) is 0. The van der Waals surface area contributed by atoms with E-state index >= 15 is 0 Å². The lowest BCUT2D eigenvalue weighted by Crippen LogP contribution is -2.11. The van der Waals surface area contributed by atoms with Gasteiger partial charge in [0, 0.05) is 77.8 Å². The summed E-state index contributed by atoms with van der Waals surface area (Å²) in [5.41, 5.74) is 47.7. The third kappa shape index (κ3) is 15.0. The normalized spacial score (nSPS) is 10.9. The van der Waals surface area contributed by atoms with Crippen LogP contribution in [0.2, 0.25) is 0 Å². The molecule has 6 aromatic heterocycles. The third-order valence-electron chi connectivity index (χ3n) is 15.1. The molecule has 0 radical (unpaired) electrons. The summed E-state index contributed by atoms with van der Waals surface area (Å²) in [4.78, 5) is 51.7. The number of aromatic nitrogens is 15. The molecule has 13 rings (SSSR count). The molecule has 0 aliphatic heterocycles. The smallest absolute Gasteiger partial charge is 0.225 e. The predicted octanol–water partition coefficient (Wildman–Crippen LogP) is 10.7. The van der Waals surface area contributed by atoms with Gasteiger partial charge in [-0.15, -0.1) is 0 Å². The molecule has 0 saturated carbocycles. The van der Waals surface area contributed by atoms with Gasteiger partial charge in [0.15, 0.2) is 0 Å². The van der Waals surface area contributed by atoms with Gasteiger partial charge < -0.3 is 57.6 Å². The maximum Gasteiger partial charge on any atom is 0.225 e. The zero-order valence-electron chi connectivity index (χ0n) is 51.8. The minimum absolute atomic E-state index is 0.115. The van der Waals surface area contributed by atoms with Crippen molar-refractivity contribution in [2.24, 2.45) is 0 Å². The van der Waals surface area contributed by atoms with Gasteiger partial charge >= 0.3 is 0 Å². The SMILES string of the molecule is COc1ccc(-c2nc(C)n(CCc3nc(N)nc(N)n3)c2-c2ccc(OC)cc2)cc1.Cc1nc(-c2ccccc2)c(-c2ccccc2)n1CCc1nc(N)nc(N)n1.Nc1nc(N)nc(CCn2c(-c3ccccc3)nc(-c3ccccc3)c2-c2ccccc2)n1. The van der Waals surface area contributed by atoms with Crippen LogP contribution in [0.25, 0.3) is 78.9 Å². The topological polar surface area (TPSA) is 344 Å². The first-order valence-electron chi connectivity index (χ1n) is 29.9. The van der Waals surface area contributed by atoms with Crippen LogP contribution in [0.4, 0.5) is 35.7 Å². The summed E-state index contributed by atoms with van der Waals surface area (Å²) in [6.07, 6.45) is 1.63. The highest BCUT2D eigenvalue weighted by Gasteiger charge is 2.24. The fourth-order valence-electron chi connectivity index (χ4n) is 10.9. The first-order chi connectivity index (χ1) is 45.3. The molecule has 93 heavy (non-hydrogen) atoms. The van der Waals surface area contributed by atoms with E-state index in [0.29, 0.717) is 56.4 Å². The van der Waals surface area contributed by atoms with Crippen LogP contribution in [0, 0.1) is 13.8 Å². The molecule has 0 amide bonds. The quantitative estimate of drug-likeness (QED) is 0.0465. The second-order valence-electron chi connectivity index (χ2n) is 21.2. The van der Waals surface area contributed by atoms with Gasteiger partial charge in [-0.1, -0.05) is 152 Å². The second kappa shape index (κ2) is 28.8. The number of nitrogens with two attached hydrogens (primary N) is 6. The Labute approximate surface area is 537 Å². The van der Waals surface area contributed by atoms with Gasteiger partial charge in [0.05, 0.1) is 48.4 Å². The van der Waals surface area contributed by atoms with E-state index in [2.05, 4.69) is 119 Å². The average Bonchev–Trinajstić information content (AvgIpc) is 1.66. The van der Waals surface area contributed by atoms with E-state index < -0.39 is 0 Å². The van der Waals surface area contributed by atoms with Crippen molar-refractivity contribution in [2.45, 2.75) is 52.7 Å². The van der Waals surface area contributed by atoms with Crippen molar-refractivity contribution in [1.82, 2.24) is 73.5 Å². The van der Waals surface area contributed by atoms with E-state index in [-0.39, 0.29) is 35.7 Å². The van der Waals surface area contributed by atoms with Crippen LogP contribution < -0.4 is 43.9 Å². The summed E-state index contributed by atoms with van der Waals surface area (Å²) in [7, 11) is 3.30. The molecule has 23 heteroatoms. The molecule has 0 bridgehead atoms. The van der Waals surface area contributed by atoms with Crippen molar-refractivity contribution in [3.05, 3.63) is 229 Å². The highest BCUT2D eigenvalue weighted by atomic mass is 16.5. The van der Waals surface area contributed by atoms with Crippen LogP contribution in [-0.2, 0) is 38.9 Å². The Hall–Kier alpha value is -12.4. The minimum atomic E-state index is 0.115. The van der Waals surface area contributed by atoms with Gasteiger partial charge in [0.1, 0.15) is 46.4 Å². The number of ether oxygens (including phenoxy) is 2. The number of anilines is 6. The monoisotopic (exact) mass is 1240 g/mol. The van der Waals surface area contributed by atoms with Crippen LogP contribution in [0.15, 0.2) is 200 Å². The molecule has 0 saturated heterocycles. The highest BCUT2D eigenvalue weighted by Crippen LogP contribution is 2.38. The molecule has 23 nitrogen and oxygen atoms in total. The van der Waals surface area contributed by atoms with Crippen molar-refractivity contribution in [1.29, 1.82) is 0 Å². The molecule has 12 N–H and O–H groups in total. The molecular formula is C70H69N21O2. The van der Waals surface area contributed by atoms with Gasteiger partial charge in [-0.3, -0.25) is 0 Å². The zero-order chi connectivity index (χ0) is 64.8. The molecule has 6 heterocycles. The maximum absolute atomic E-state index is 5.79. The first kappa shape index (κ1) is 62.2. The number of imidazole rings is 3. The van der Waals surface area contributed by atoms with E-state index in [0.717, 1.165) is 102 Å². The lowest BCUT2D eigenvalue weighted by atomic mass is 10.0. The Kier molecular flexibility index (Phi) is 19.3. The molecule has 13 aromatic rings. The van der Waals surface area contributed by atoms with Crippen molar-refractivity contribution >= 4 is 35.7 Å². The fourth-order valence-corrected chi connectivity index (χ4v) is 10.9. The lowest BCUT2D eigenvalue weighted by Gasteiger charge is -2.13. The van der Waals surface area contributed by atoms with E-state index in [1.807, 2.05) is 153 Å². The number of methoxy groups -OCH3 is 2. The molecule has 466 valence electrons. The number of aryl methyl sites for hydroxylation is 5. The number of benzene rings is 7. The Balaban J connectivity index is 0.000000143. The summed E-state index contributed by atoms with van der Waals surface area (Å²) in [5.74, 6) is 6.66. The molecule has 7 aromatic carbocycles. The van der Waals surface area contributed by atoms with Crippen molar-refractivity contribution in [3.8, 4) is 90.4 Å². The maximum atomic E-state index is 5.79. The number of hydrogen-bond acceptors (Lipinski definition) is 20. The van der Waals surface area contributed by atoms with Crippen LogP contribution in [0.1, 0.15) is 29.1 Å². The molecule has 0 fully saturated rings. The van der Waals surface area contributed by atoms with Gasteiger partial charge in [-0.05, 0) is 62.4 Å². The van der Waals surface area contributed by atoms with Crippen molar-refractivity contribution in [2.75, 3.05) is 48.6 Å². The molecule has 0 unspecified atom stereocenters. The number of nitrogen functional groups attached to an aromatic ring is 6. The molecule has 0 spiro atoms. The van der Waals surface area contributed by atoms with E-state index in [1.54, 1.807) is 14.2 Å². The van der Waals surface area contributed by atoms with Gasteiger partial charge in [0.2, 0.25) is 35.7 Å².